The second kappa shape index (κ2) is 8.62. The van der Waals surface area contributed by atoms with Crippen LogP contribution >= 0.6 is 7.26 Å². The summed E-state index contributed by atoms with van der Waals surface area (Å²) in [5, 5.41) is 0. The van der Waals surface area contributed by atoms with Crippen molar-refractivity contribution >= 4 is 15.0 Å². The first-order chi connectivity index (χ1) is 8.39. The fourth-order valence-corrected chi connectivity index (χ4v) is 10.4. The molecule has 0 saturated heterocycles. The van der Waals surface area contributed by atoms with E-state index in [-0.39, 0.29) is 6.03 Å². The summed E-state index contributed by atoms with van der Waals surface area (Å²) in [4.78, 5) is 0. The highest BCUT2D eigenvalue weighted by atomic mass is 31.5. The molecule has 0 fully saturated rings. The average Bonchev–Trinajstić information content (AvgIpc) is 2.27. The van der Waals surface area contributed by atoms with E-state index in [1.165, 1.54) is 0 Å². The predicted octanol–water partition coefficient (Wildman–Crippen LogP) is 4.10. The van der Waals surface area contributed by atoms with Crippen LogP contribution in [0.3, 0.4) is 0 Å². The van der Waals surface area contributed by atoms with E-state index in [0.717, 1.165) is 0 Å². The molecule has 0 heterocycles. The Morgan fingerprint density at radius 3 is 1.39 bits per heavy atom. The Labute approximate surface area is 114 Å². The minimum atomic E-state index is -2.13. The summed E-state index contributed by atoms with van der Waals surface area (Å²) in [6.07, 6.45) is 0. The van der Waals surface area contributed by atoms with Gasteiger partial charge in [-0.15, -0.1) is 0 Å². The third-order valence-corrected chi connectivity index (χ3v) is 13.5. The van der Waals surface area contributed by atoms with Gasteiger partial charge in [0.15, 0.2) is 0 Å². The van der Waals surface area contributed by atoms with Crippen LogP contribution in [0.15, 0.2) is 0 Å². The molecular formula is C12H30O4PSi+. The minimum Gasteiger partial charge on any atom is -0.319 e. The topological polar surface area (TPSA) is 36.9 Å². The van der Waals surface area contributed by atoms with E-state index in [1.54, 1.807) is 0 Å². The van der Waals surface area contributed by atoms with Gasteiger partial charge in [0.2, 0.25) is 0 Å². The fraction of sp³-hybridized carbons (Fsp3) is 1.00. The summed E-state index contributed by atoms with van der Waals surface area (Å²) in [5.41, 5.74) is 0. The highest BCUT2D eigenvalue weighted by Crippen LogP contribution is 2.72. The van der Waals surface area contributed by atoms with Gasteiger partial charge in [-0.25, -0.2) is 9.05 Å². The molecule has 0 aromatic carbocycles. The Kier molecular flexibility index (Phi) is 8.85. The number of hydrogen-bond acceptors (Lipinski definition) is 4. The van der Waals surface area contributed by atoms with E-state index in [9.17, 15) is 0 Å². The van der Waals surface area contributed by atoms with Crippen LogP contribution in [0.4, 0.5) is 0 Å². The maximum Gasteiger partial charge on any atom is 0.316 e. The summed E-state index contributed by atoms with van der Waals surface area (Å²) < 4.78 is 23.8. The van der Waals surface area contributed by atoms with Gasteiger partial charge in [-0.3, -0.25) is 0 Å². The van der Waals surface area contributed by atoms with Gasteiger partial charge in [0.1, 0.15) is 0 Å². The molecule has 0 unspecified atom stereocenters. The lowest BCUT2D eigenvalue weighted by Crippen LogP contribution is -2.39. The van der Waals surface area contributed by atoms with Crippen molar-refractivity contribution in [2.75, 3.05) is 26.4 Å². The normalized spacial score (nSPS) is 13.3. The van der Waals surface area contributed by atoms with Gasteiger partial charge in [0, 0.05) is 0 Å². The molecular weight excluding hydrogens is 267 g/mol. The van der Waals surface area contributed by atoms with Crippen LogP contribution in [0.5, 0.6) is 0 Å². The largest absolute Gasteiger partial charge is 0.319 e. The lowest BCUT2D eigenvalue weighted by molar-refractivity contribution is -0.0932. The van der Waals surface area contributed by atoms with Crippen molar-refractivity contribution < 1.29 is 18.5 Å². The van der Waals surface area contributed by atoms with Crippen LogP contribution in [0.25, 0.3) is 0 Å². The molecule has 0 aliphatic carbocycles. The van der Waals surface area contributed by atoms with Crippen molar-refractivity contribution in [3.05, 3.63) is 0 Å². The molecule has 0 N–H and O–H groups in total. The minimum absolute atomic E-state index is 0.348. The van der Waals surface area contributed by atoms with Crippen LogP contribution in [0.1, 0.15) is 27.7 Å². The molecule has 18 heavy (non-hydrogen) atoms. The second-order valence-electron chi connectivity index (χ2n) is 4.82. The van der Waals surface area contributed by atoms with Gasteiger partial charge >= 0.3 is 6.03 Å². The van der Waals surface area contributed by atoms with Crippen LogP contribution < -0.4 is 0 Å². The number of rotatable bonds is 10. The summed E-state index contributed by atoms with van der Waals surface area (Å²) in [6.45, 7) is 17.2. The zero-order chi connectivity index (χ0) is 14.2. The van der Waals surface area contributed by atoms with Gasteiger partial charge in [-0.2, -0.15) is 0 Å². The molecule has 0 aliphatic rings. The zero-order valence-electron chi connectivity index (χ0n) is 13.0. The number of hydrogen-bond donors (Lipinski definition) is 0. The molecule has 0 saturated carbocycles. The molecule has 110 valence electrons. The molecule has 0 amide bonds. The Hall–Kier alpha value is 0.487. The Morgan fingerprint density at radius 1 is 0.778 bits per heavy atom. The zero-order valence-corrected chi connectivity index (χ0v) is 14.9. The van der Waals surface area contributed by atoms with Crippen molar-refractivity contribution in [3.63, 3.8) is 0 Å². The van der Waals surface area contributed by atoms with Crippen LogP contribution in [0, 0.1) is 0 Å². The SMILES string of the molecule is CCOC(OCC)[P+](OCC)(OCC)[Si](C)(C)C. The van der Waals surface area contributed by atoms with Crippen LogP contribution in [-0.2, 0) is 18.5 Å². The molecule has 0 aliphatic heterocycles. The van der Waals surface area contributed by atoms with E-state index in [4.69, 9.17) is 18.5 Å². The first kappa shape index (κ1) is 18.5. The second-order valence-corrected chi connectivity index (χ2v) is 17.2. The Bertz CT molecular complexity index is 209. The molecule has 0 bridgehead atoms. The molecule has 0 atom stereocenters. The molecule has 0 aromatic heterocycles. The van der Waals surface area contributed by atoms with E-state index < -0.39 is 15.0 Å². The Morgan fingerprint density at radius 2 is 1.17 bits per heavy atom. The first-order valence-electron chi connectivity index (χ1n) is 6.80. The van der Waals surface area contributed by atoms with Crippen molar-refractivity contribution in [3.8, 4) is 0 Å². The van der Waals surface area contributed by atoms with E-state index in [2.05, 4.69) is 19.6 Å². The maximum absolute atomic E-state index is 6.10. The molecule has 6 heteroatoms. The van der Waals surface area contributed by atoms with Crippen molar-refractivity contribution in [1.29, 1.82) is 0 Å². The Balaban J connectivity index is 5.32. The van der Waals surface area contributed by atoms with Gasteiger partial charge in [0.25, 0.3) is 15.0 Å². The highest BCUT2D eigenvalue weighted by molar-refractivity contribution is 8.01. The van der Waals surface area contributed by atoms with Crippen molar-refractivity contribution in [2.24, 2.45) is 0 Å². The molecule has 4 nitrogen and oxygen atoms in total. The molecule has 0 spiro atoms. The lowest BCUT2D eigenvalue weighted by Gasteiger charge is -2.36. The van der Waals surface area contributed by atoms with Gasteiger partial charge in [-0.1, -0.05) is 0 Å². The predicted molar refractivity (Wildman–Crippen MR) is 80.6 cm³/mol. The summed E-state index contributed by atoms with van der Waals surface area (Å²) in [6, 6.07) is -0.348. The monoisotopic (exact) mass is 297 g/mol. The quantitative estimate of drug-likeness (QED) is 0.345. The molecule has 0 rings (SSSR count). The molecule has 0 radical (unpaired) electrons. The number of ether oxygens (including phenoxy) is 2. The van der Waals surface area contributed by atoms with Gasteiger partial charge in [-0.05, 0) is 47.3 Å². The van der Waals surface area contributed by atoms with E-state index in [0.29, 0.717) is 26.4 Å². The standard InChI is InChI=1S/C12H30O4PSi/c1-8-13-12(14-9-2)17(15-10-3,16-11-4)18(5,6)7/h12H,8-11H2,1-7H3/q+1. The van der Waals surface area contributed by atoms with Gasteiger partial charge in [0.05, 0.1) is 26.4 Å². The summed E-state index contributed by atoms with van der Waals surface area (Å²) >= 11 is 0. The summed E-state index contributed by atoms with van der Waals surface area (Å²) in [5.74, 6) is 0. The van der Waals surface area contributed by atoms with Gasteiger partial charge < -0.3 is 9.47 Å². The van der Waals surface area contributed by atoms with Crippen LogP contribution in [-0.4, -0.2) is 40.2 Å². The van der Waals surface area contributed by atoms with Crippen LogP contribution in [0.2, 0.25) is 19.6 Å². The van der Waals surface area contributed by atoms with E-state index >= 15 is 0 Å². The highest BCUT2D eigenvalue weighted by Gasteiger charge is 2.63. The maximum atomic E-state index is 6.10. The smallest absolute Gasteiger partial charge is 0.316 e. The molecule has 0 aromatic rings. The first-order valence-corrected chi connectivity index (χ1v) is 12.8. The van der Waals surface area contributed by atoms with Crippen molar-refractivity contribution in [1.82, 2.24) is 0 Å². The third kappa shape index (κ3) is 4.55. The lowest BCUT2D eigenvalue weighted by atomic mass is 10.9. The third-order valence-electron chi connectivity index (χ3n) is 2.47. The fourth-order valence-electron chi connectivity index (χ4n) is 1.78. The summed E-state index contributed by atoms with van der Waals surface area (Å²) in [7, 11) is -3.83. The van der Waals surface area contributed by atoms with Crippen molar-refractivity contribution in [2.45, 2.75) is 53.4 Å². The van der Waals surface area contributed by atoms with E-state index in [1.807, 2.05) is 27.7 Å². The average molecular weight is 297 g/mol.